The van der Waals surface area contributed by atoms with E-state index in [1.54, 1.807) is 32.9 Å². The van der Waals surface area contributed by atoms with Gasteiger partial charge in [-0.05, 0) is 38.8 Å². The third-order valence-electron chi connectivity index (χ3n) is 4.28. The van der Waals surface area contributed by atoms with Crippen LogP contribution in [-0.2, 0) is 30.3 Å². The number of amides is 2. The quantitative estimate of drug-likeness (QED) is 0.319. The molecule has 0 fully saturated rings. The lowest BCUT2D eigenvalue weighted by molar-refractivity contribution is -0.161. The van der Waals surface area contributed by atoms with Crippen LogP contribution in [-0.4, -0.2) is 48.6 Å². The van der Waals surface area contributed by atoms with Gasteiger partial charge in [0.1, 0.15) is 11.3 Å². The first-order valence-corrected chi connectivity index (χ1v) is 9.37. The predicted molar refractivity (Wildman–Crippen MR) is 105 cm³/mol. The van der Waals surface area contributed by atoms with E-state index >= 15 is 0 Å². The lowest BCUT2D eigenvalue weighted by Gasteiger charge is -2.29. The fourth-order valence-electron chi connectivity index (χ4n) is 2.65. The van der Waals surface area contributed by atoms with Crippen molar-refractivity contribution in [1.82, 2.24) is 5.32 Å². The second kappa shape index (κ2) is 9.62. The van der Waals surface area contributed by atoms with Gasteiger partial charge in [0.15, 0.2) is 0 Å². The van der Waals surface area contributed by atoms with Crippen molar-refractivity contribution < 1.29 is 38.3 Å². The van der Waals surface area contributed by atoms with Gasteiger partial charge in [0.05, 0.1) is 11.4 Å². The SMILES string of the molecule is CC(C)(C)C(=O)OCOC(=O)c1cccc2c1OB(O)[C@@H](NC(=O)CCC(N)=O)C2. The van der Waals surface area contributed by atoms with Gasteiger partial charge < -0.3 is 30.2 Å². The molecule has 10 nitrogen and oxygen atoms in total. The first kappa shape index (κ1) is 23.2. The Bertz CT molecular complexity index is 836. The van der Waals surface area contributed by atoms with Crippen molar-refractivity contribution in [2.24, 2.45) is 11.1 Å². The van der Waals surface area contributed by atoms with Crippen molar-refractivity contribution in [3.05, 3.63) is 29.3 Å². The molecule has 162 valence electrons. The van der Waals surface area contributed by atoms with Gasteiger partial charge in [-0.1, -0.05) is 12.1 Å². The van der Waals surface area contributed by atoms with Crippen LogP contribution in [0, 0.1) is 5.41 Å². The van der Waals surface area contributed by atoms with E-state index in [0.717, 1.165) is 0 Å². The summed E-state index contributed by atoms with van der Waals surface area (Å²) >= 11 is 0. The minimum atomic E-state index is -1.41. The number of rotatable bonds is 7. The molecule has 1 aliphatic heterocycles. The van der Waals surface area contributed by atoms with Crippen LogP contribution in [0.5, 0.6) is 5.75 Å². The number of carbonyl (C=O) groups excluding carboxylic acids is 4. The number of benzene rings is 1. The van der Waals surface area contributed by atoms with Gasteiger partial charge in [-0.25, -0.2) is 4.79 Å². The van der Waals surface area contributed by atoms with Crippen molar-refractivity contribution in [2.45, 2.75) is 46.0 Å². The molecule has 0 bridgehead atoms. The van der Waals surface area contributed by atoms with E-state index in [9.17, 15) is 24.2 Å². The van der Waals surface area contributed by atoms with Crippen molar-refractivity contribution >= 4 is 30.9 Å². The summed E-state index contributed by atoms with van der Waals surface area (Å²) < 4.78 is 15.3. The molecule has 0 spiro atoms. The number of fused-ring (bicyclic) bond motifs is 1. The molecule has 1 aliphatic rings. The number of nitrogens with two attached hydrogens (primary N) is 1. The number of nitrogens with one attached hydrogen (secondary N) is 1. The van der Waals surface area contributed by atoms with Crippen LogP contribution in [0.1, 0.15) is 49.5 Å². The first-order chi connectivity index (χ1) is 14.0. The number of ether oxygens (including phenoxy) is 2. The van der Waals surface area contributed by atoms with Gasteiger partial charge in [0, 0.05) is 12.8 Å². The molecular weight excluding hydrogens is 395 g/mol. The second-order valence-electron chi connectivity index (χ2n) is 7.88. The summed E-state index contributed by atoms with van der Waals surface area (Å²) in [6, 6.07) is 4.73. The Hall–Kier alpha value is -3.08. The predicted octanol–water partition coefficient (Wildman–Crippen LogP) is 0.0951. The molecule has 11 heteroatoms. The van der Waals surface area contributed by atoms with E-state index in [-0.39, 0.29) is 30.6 Å². The highest BCUT2D eigenvalue weighted by Crippen LogP contribution is 2.30. The van der Waals surface area contributed by atoms with Crippen LogP contribution in [0.2, 0.25) is 0 Å². The maximum Gasteiger partial charge on any atom is 0.547 e. The molecule has 2 amide bonds. The van der Waals surface area contributed by atoms with Crippen LogP contribution in [0.25, 0.3) is 0 Å². The highest BCUT2D eigenvalue weighted by molar-refractivity contribution is 6.47. The molecular formula is C19H25BN2O8. The van der Waals surface area contributed by atoms with E-state index in [1.165, 1.54) is 6.07 Å². The zero-order valence-electron chi connectivity index (χ0n) is 17.1. The zero-order valence-corrected chi connectivity index (χ0v) is 17.1. The minimum Gasteiger partial charge on any atom is -0.534 e. The number of esters is 2. The number of hydrogen-bond donors (Lipinski definition) is 3. The zero-order chi connectivity index (χ0) is 22.5. The first-order valence-electron chi connectivity index (χ1n) is 9.37. The Kier molecular flexibility index (Phi) is 7.44. The van der Waals surface area contributed by atoms with Crippen LogP contribution in [0.15, 0.2) is 18.2 Å². The molecule has 0 unspecified atom stereocenters. The van der Waals surface area contributed by atoms with Gasteiger partial charge in [-0.2, -0.15) is 0 Å². The minimum absolute atomic E-state index is 0.0527. The second-order valence-corrected chi connectivity index (χ2v) is 7.88. The lowest BCUT2D eigenvalue weighted by Crippen LogP contribution is -2.53. The maximum absolute atomic E-state index is 12.4. The van der Waals surface area contributed by atoms with Crippen LogP contribution < -0.4 is 15.7 Å². The Morgan fingerprint density at radius 1 is 1.23 bits per heavy atom. The normalized spacial score (nSPS) is 15.5. The Balaban J connectivity index is 2.01. The summed E-state index contributed by atoms with van der Waals surface area (Å²) in [5.41, 5.74) is 4.91. The maximum atomic E-state index is 12.4. The molecule has 1 atom stereocenters. The van der Waals surface area contributed by atoms with E-state index < -0.39 is 49.0 Å². The largest absolute Gasteiger partial charge is 0.547 e. The highest BCUT2D eigenvalue weighted by atomic mass is 16.7. The van der Waals surface area contributed by atoms with E-state index in [0.29, 0.717) is 5.56 Å². The topological polar surface area (TPSA) is 154 Å². The summed E-state index contributed by atoms with van der Waals surface area (Å²) in [4.78, 5) is 46.8. The summed E-state index contributed by atoms with van der Waals surface area (Å²) in [6.45, 7) is 4.45. The average molecular weight is 420 g/mol. The molecule has 0 aliphatic carbocycles. The Labute approximate surface area is 174 Å². The molecule has 2 rings (SSSR count). The molecule has 1 aromatic rings. The molecule has 1 heterocycles. The van der Waals surface area contributed by atoms with E-state index in [1.807, 2.05) is 0 Å². The number of hydrogen-bond acceptors (Lipinski definition) is 8. The third kappa shape index (κ3) is 6.21. The van der Waals surface area contributed by atoms with E-state index in [4.69, 9.17) is 19.9 Å². The number of carbonyl (C=O) groups is 4. The summed E-state index contributed by atoms with van der Waals surface area (Å²) in [5.74, 6) is -3.01. The van der Waals surface area contributed by atoms with Crippen LogP contribution in [0.4, 0.5) is 0 Å². The van der Waals surface area contributed by atoms with Crippen molar-refractivity contribution in [2.75, 3.05) is 6.79 Å². The summed E-state index contributed by atoms with van der Waals surface area (Å²) in [6.07, 6.45) is -0.0220. The van der Waals surface area contributed by atoms with Gasteiger partial charge in [0.25, 0.3) is 0 Å². The third-order valence-corrected chi connectivity index (χ3v) is 4.28. The molecule has 0 aromatic heterocycles. The van der Waals surface area contributed by atoms with Crippen LogP contribution >= 0.6 is 0 Å². The summed E-state index contributed by atoms with van der Waals surface area (Å²) in [7, 11) is -1.41. The number of primary amides is 1. The number of para-hydroxylation sites is 1. The molecule has 1 aromatic carbocycles. The fourth-order valence-corrected chi connectivity index (χ4v) is 2.65. The van der Waals surface area contributed by atoms with E-state index in [2.05, 4.69) is 5.32 Å². The van der Waals surface area contributed by atoms with Crippen molar-refractivity contribution in [1.29, 1.82) is 0 Å². The summed E-state index contributed by atoms with van der Waals surface area (Å²) in [5, 5.41) is 12.8. The Morgan fingerprint density at radius 2 is 1.93 bits per heavy atom. The Morgan fingerprint density at radius 3 is 2.57 bits per heavy atom. The lowest BCUT2D eigenvalue weighted by atomic mass is 9.72. The fraction of sp³-hybridized carbons (Fsp3) is 0.474. The smallest absolute Gasteiger partial charge is 0.534 e. The van der Waals surface area contributed by atoms with Gasteiger partial charge in [-0.15, -0.1) is 0 Å². The molecule has 30 heavy (non-hydrogen) atoms. The molecule has 0 radical (unpaired) electrons. The highest BCUT2D eigenvalue weighted by Gasteiger charge is 2.38. The standard InChI is InChI=1S/C19H25BN2O8/c1-19(2,3)18(26)29-10-28-17(25)12-6-4-5-11-9-13(20(27)30-16(11)12)22-15(24)8-7-14(21)23/h4-6,13,27H,7-10H2,1-3H3,(H2,21,23)(H,22,24)/t13-/m0/s1. The van der Waals surface area contributed by atoms with Gasteiger partial charge in [0.2, 0.25) is 18.6 Å². The van der Waals surface area contributed by atoms with Gasteiger partial charge in [-0.3, -0.25) is 14.4 Å². The van der Waals surface area contributed by atoms with Crippen molar-refractivity contribution in [3.8, 4) is 5.75 Å². The van der Waals surface area contributed by atoms with Crippen LogP contribution in [0.3, 0.4) is 0 Å². The molecule has 4 N–H and O–H groups in total. The average Bonchev–Trinajstić information content (AvgIpc) is 2.65. The monoisotopic (exact) mass is 420 g/mol. The van der Waals surface area contributed by atoms with Gasteiger partial charge >= 0.3 is 19.1 Å². The van der Waals surface area contributed by atoms with Crippen molar-refractivity contribution in [3.63, 3.8) is 0 Å². The molecule has 0 saturated heterocycles. The molecule has 0 saturated carbocycles.